The van der Waals surface area contributed by atoms with Gasteiger partial charge in [-0.1, -0.05) is 18.2 Å². The first-order valence-corrected chi connectivity index (χ1v) is 5.83. The van der Waals surface area contributed by atoms with Gasteiger partial charge in [0.15, 0.2) is 5.84 Å². The molecule has 0 aromatic heterocycles. The summed E-state index contributed by atoms with van der Waals surface area (Å²) < 4.78 is 13.8. The van der Waals surface area contributed by atoms with Crippen LogP contribution in [0.15, 0.2) is 57.5 Å². The smallest absolute Gasteiger partial charge is 0.154 e. The van der Waals surface area contributed by atoms with E-state index in [1.54, 1.807) is 19.2 Å². The molecule has 0 saturated heterocycles. The molecule has 1 aliphatic heterocycles. The van der Waals surface area contributed by atoms with E-state index in [9.17, 15) is 4.39 Å². The van der Waals surface area contributed by atoms with Gasteiger partial charge in [-0.2, -0.15) is 0 Å². The Kier molecular flexibility index (Phi) is 3.51. The average Bonchev–Trinajstić information content (AvgIpc) is 2.39. The molecule has 3 heteroatoms. The van der Waals surface area contributed by atoms with Crippen molar-refractivity contribution in [2.45, 2.75) is 13.8 Å². The quantitative estimate of drug-likeness (QED) is 0.719. The zero-order chi connectivity index (χ0) is 13.1. The normalized spacial score (nSPS) is 20.0. The lowest BCUT2D eigenvalue weighted by Crippen LogP contribution is -2.15. The van der Waals surface area contributed by atoms with Crippen LogP contribution in [0.5, 0.6) is 0 Å². The Balaban J connectivity index is 2.56. The molecule has 1 aromatic rings. The fourth-order valence-corrected chi connectivity index (χ4v) is 1.94. The third-order valence-corrected chi connectivity index (χ3v) is 2.87. The van der Waals surface area contributed by atoms with Crippen LogP contribution in [0, 0.1) is 5.82 Å². The van der Waals surface area contributed by atoms with E-state index in [1.807, 2.05) is 32.1 Å². The van der Waals surface area contributed by atoms with Crippen molar-refractivity contribution in [3.8, 4) is 0 Å². The zero-order valence-corrected chi connectivity index (χ0v) is 10.7. The number of hydrogen-bond acceptors (Lipinski definition) is 1. The van der Waals surface area contributed by atoms with E-state index in [0.717, 1.165) is 11.1 Å². The number of amidine groups is 1. The van der Waals surface area contributed by atoms with Gasteiger partial charge in [-0.15, -0.1) is 0 Å². The largest absolute Gasteiger partial charge is 0.270 e. The van der Waals surface area contributed by atoms with Gasteiger partial charge in [-0.3, -0.25) is 4.99 Å². The molecule has 0 radical (unpaired) electrons. The molecule has 92 valence electrons. The highest BCUT2D eigenvalue weighted by atomic mass is 19.1. The minimum atomic E-state index is -0.261. The van der Waals surface area contributed by atoms with Gasteiger partial charge in [-0.25, -0.2) is 9.38 Å². The lowest BCUT2D eigenvalue weighted by molar-refractivity contribution is 0.625. The molecule has 0 bridgehead atoms. The lowest BCUT2D eigenvalue weighted by atomic mass is 9.97. The molecule has 0 N–H and O–H groups in total. The molecule has 18 heavy (non-hydrogen) atoms. The second kappa shape index (κ2) is 5.08. The highest BCUT2D eigenvalue weighted by molar-refractivity contribution is 6.23. The van der Waals surface area contributed by atoms with Crippen LogP contribution in [0.2, 0.25) is 0 Å². The Hall–Kier alpha value is -2.03. The fourth-order valence-electron chi connectivity index (χ4n) is 1.94. The summed E-state index contributed by atoms with van der Waals surface area (Å²) in [6.45, 7) is 3.87. The number of nitrogens with zero attached hydrogens (tertiary/aromatic N) is 2. The maximum atomic E-state index is 13.8. The summed E-state index contributed by atoms with van der Waals surface area (Å²) in [5.74, 6) is 0.379. The van der Waals surface area contributed by atoms with Crippen molar-refractivity contribution in [2.24, 2.45) is 9.98 Å². The van der Waals surface area contributed by atoms with Crippen molar-refractivity contribution in [1.82, 2.24) is 0 Å². The summed E-state index contributed by atoms with van der Waals surface area (Å²) >= 11 is 0. The maximum absolute atomic E-state index is 13.8. The van der Waals surface area contributed by atoms with E-state index in [2.05, 4.69) is 9.98 Å². The molecular formula is C15H15FN2. The third kappa shape index (κ3) is 2.16. The first-order valence-electron chi connectivity index (χ1n) is 5.83. The molecule has 1 aliphatic rings. The summed E-state index contributed by atoms with van der Waals surface area (Å²) in [6.07, 6.45) is 3.94. The van der Waals surface area contributed by atoms with Crippen molar-refractivity contribution in [1.29, 1.82) is 0 Å². The molecule has 0 unspecified atom stereocenters. The van der Waals surface area contributed by atoms with E-state index in [4.69, 9.17) is 0 Å². The van der Waals surface area contributed by atoms with Crippen molar-refractivity contribution >= 4 is 11.5 Å². The van der Waals surface area contributed by atoms with Crippen molar-refractivity contribution in [2.75, 3.05) is 7.05 Å². The molecule has 1 heterocycles. The molecule has 0 aliphatic carbocycles. The topological polar surface area (TPSA) is 24.7 Å². The number of dihydropyridines is 1. The van der Waals surface area contributed by atoms with E-state index in [-0.39, 0.29) is 5.82 Å². The second-order valence-corrected chi connectivity index (χ2v) is 4.06. The maximum Gasteiger partial charge on any atom is 0.154 e. The third-order valence-electron chi connectivity index (χ3n) is 2.87. The highest BCUT2D eigenvalue weighted by Gasteiger charge is 2.17. The molecule has 0 fully saturated rings. The number of allylic oxidation sites excluding steroid dienone is 2. The summed E-state index contributed by atoms with van der Waals surface area (Å²) in [7, 11) is 1.69. The Morgan fingerprint density at radius 1 is 1.28 bits per heavy atom. The standard InChI is InChI=1S/C15H15FN2/c1-4-11-9-10(2)14(18-15(11)17-3)12-7-5-6-8-13(12)16/h4-9H,1-3H3/b11-4-,17-15+. The Bertz CT molecular complexity index is 592. The summed E-state index contributed by atoms with van der Waals surface area (Å²) in [4.78, 5) is 8.59. The van der Waals surface area contributed by atoms with Gasteiger partial charge in [0, 0.05) is 18.2 Å². The van der Waals surface area contributed by atoms with E-state index in [0.29, 0.717) is 17.1 Å². The van der Waals surface area contributed by atoms with Crippen LogP contribution in [0.4, 0.5) is 4.39 Å². The number of aliphatic imine (C=N–C) groups is 2. The first-order chi connectivity index (χ1) is 8.67. The van der Waals surface area contributed by atoms with Crippen molar-refractivity contribution in [3.05, 3.63) is 58.9 Å². The van der Waals surface area contributed by atoms with Crippen LogP contribution < -0.4 is 0 Å². The SMILES string of the molecule is C/C=C1/C=C(C)C(c2ccccc2F)=N/C1=N/C. The molecule has 0 spiro atoms. The number of benzene rings is 1. The first kappa shape index (κ1) is 12.4. The average molecular weight is 242 g/mol. The molecule has 1 aromatic carbocycles. The van der Waals surface area contributed by atoms with Gasteiger partial charge in [0.25, 0.3) is 0 Å². The van der Waals surface area contributed by atoms with E-state index < -0.39 is 0 Å². The Labute approximate surface area is 106 Å². The molecule has 0 atom stereocenters. The van der Waals surface area contributed by atoms with Crippen LogP contribution in [-0.2, 0) is 0 Å². The number of halogens is 1. The predicted molar refractivity (Wildman–Crippen MR) is 73.8 cm³/mol. The van der Waals surface area contributed by atoms with Gasteiger partial charge in [0.1, 0.15) is 5.82 Å². The highest BCUT2D eigenvalue weighted by Crippen LogP contribution is 2.20. The predicted octanol–water partition coefficient (Wildman–Crippen LogP) is 3.55. The summed E-state index contributed by atoms with van der Waals surface area (Å²) in [5.41, 5.74) is 3.08. The van der Waals surface area contributed by atoms with Gasteiger partial charge in [-0.05, 0) is 37.6 Å². The fraction of sp³-hybridized carbons (Fsp3) is 0.200. The summed E-state index contributed by atoms with van der Waals surface area (Å²) in [6, 6.07) is 6.66. The summed E-state index contributed by atoms with van der Waals surface area (Å²) in [5, 5.41) is 0. The van der Waals surface area contributed by atoms with Gasteiger partial charge in [0.2, 0.25) is 0 Å². The number of hydrogen-bond donors (Lipinski definition) is 0. The van der Waals surface area contributed by atoms with Crippen LogP contribution in [0.25, 0.3) is 0 Å². The van der Waals surface area contributed by atoms with Crippen molar-refractivity contribution < 1.29 is 4.39 Å². The Morgan fingerprint density at radius 2 is 2.00 bits per heavy atom. The molecule has 2 rings (SSSR count). The minimum absolute atomic E-state index is 0.261. The van der Waals surface area contributed by atoms with Gasteiger partial charge < -0.3 is 0 Å². The number of rotatable bonds is 1. The van der Waals surface area contributed by atoms with Crippen LogP contribution in [0.1, 0.15) is 19.4 Å². The monoisotopic (exact) mass is 242 g/mol. The van der Waals surface area contributed by atoms with Crippen LogP contribution >= 0.6 is 0 Å². The molecule has 0 amide bonds. The molecule has 2 nitrogen and oxygen atoms in total. The minimum Gasteiger partial charge on any atom is -0.270 e. The van der Waals surface area contributed by atoms with Crippen LogP contribution in [0.3, 0.4) is 0 Å². The molecule has 0 saturated carbocycles. The zero-order valence-electron chi connectivity index (χ0n) is 10.7. The van der Waals surface area contributed by atoms with Crippen LogP contribution in [-0.4, -0.2) is 18.6 Å². The van der Waals surface area contributed by atoms with Gasteiger partial charge >= 0.3 is 0 Å². The van der Waals surface area contributed by atoms with Crippen molar-refractivity contribution in [3.63, 3.8) is 0 Å². The van der Waals surface area contributed by atoms with E-state index in [1.165, 1.54) is 6.07 Å². The molecular weight excluding hydrogens is 227 g/mol. The Morgan fingerprint density at radius 3 is 2.61 bits per heavy atom. The van der Waals surface area contributed by atoms with Gasteiger partial charge in [0.05, 0.1) is 5.71 Å². The second-order valence-electron chi connectivity index (χ2n) is 4.06. The van der Waals surface area contributed by atoms with E-state index >= 15 is 0 Å². The lowest BCUT2D eigenvalue weighted by Gasteiger charge is -2.15.